The van der Waals surface area contributed by atoms with Crippen molar-refractivity contribution in [2.75, 3.05) is 11.1 Å². The second-order valence-electron chi connectivity index (χ2n) is 6.00. The van der Waals surface area contributed by atoms with Crippen LogP contribution in [0.15, 0.2) is 60.7 Å². The van der Waals surface area contributed by atoms with Gasteiger partial charge >= 0.3 is 12.3 Å². The van der Waals surface area contributed by atoms with Crippen LogP contribution in [0.2, 0.25) is 0 Å². The van der Waals surface area contributed by atoms with E-state index in [1.807, 2.05) is 0 Å². The number of aromatic carboxylic acids is 1. The molecule has 5 nitrogen and oxygen atoms in total. The summed E-state index contributed by atoms with van der Waals surface area (Å²) in [5.41, 5.74) is 7.33. The van der Waals surface area contributed by atoms with Gasteiger partial charge in [-0.15, -0.1) is 13.2 Å². The Morgan fingerprint density at radius 1 is 1.00 bits per heavy atom. The van der Waals surface area contributed by atoms with E-state index in [0.29, 0.717) is 16.9 Å². The molecule has 150 valence electrons. The number of alkyl halides is 3. The Balaban J connectivity index is 1.89. The molecule has 0 unspecified atom stereocenters. The van der Waals surface area contributed by atoms with Crippen LogP contribution in [-0.2, 0) is 0 Å². The van der Waals surface area contributed by atoms with Gasteiger partial charge in [-0.25, -0.2) is 9.18 Å². The topological polar surface area (TPSA) is 84.6 Å². The Morgan fingerprint density at radius 2 is 1.69 bits per heavy atom. The second kappa shape index (κ2) is 7.70. The SMILES string of the molecule is Nc1ccc(C(=O)O)cc1Nc1ccc(F)c(-c2ccc(OC(F)(F)F)cc2)c1. The normalized spacial score (nSPS) is 11.2. The molecule has 0 heterocycles. The van der Waals surface area contributed by atoms with Crippen LogP contribution in [0.4, 0.5) is 34.6 Å². The van der Waals surface area contributed by atoms with Crippen molar-refractivity contribution in [1.29, 1.82) is 0 Å². The summed E-state index contributed by atoms with van der Waals surface area (Å²) >= 11 is 0. The van der Waals surface area contributed by atoms with E-state index in [2.05, 4.69) is 10.1 Å². The van der Waals surface area contributed by atoms with Crippen LogP contribution < -0.4 is 15.8 Å². The minimum atomic E-state index is -4.82. The minimum Gasteiger partial charge on any atom is -0.478 e. The molecule has 0 fully saturated rings. The van der Waals surface area contributed by atoms with Crippen molar-refractivity contribution in [2.45, 2.75) is 6.36 Å². The van der Waals surface area contributed by atoms with Crippen molar-refractivity contribution in [2.24, 2.45) is 0 Å². The number of rotatable bonds is 5. The van der Waals surface area contributed by atoms with Gasteiger partial charge in [0, 0.05) is 11.3 Å². The van der Waals surface area contributed by atoms with Gasteiger partial charge in [0.05, 0.1) is 16.9 Å². The third-order valence-electron chi connectivity index (χ3n) is 3.94. The number of nitrogens with one attached hydrogen (secondary N) is 1. The van der Waals surface area contributed by atoms with Crippen molar-refractivity contribution in [3.8, 4) is 16.9 Å². The van der Waals surface area contributed by atoms with Gasteiger partial charge in [0.1, 0.15) is 11.6 Å². The summed E-state index contributed by atoms with van der Waals surface area (Å²) in [5.74, 6) is -2.14. The smallest absolute Gasteiger partial charge is 0.478 e. The Morgan fingerprint density at radius 3 is 2.31 bits per heavy atom. The van der Waals surface area contributed by atoms with Gasteiger partial charge in [-0.05, 0) is 54.1 Å². The van der Waals surface area contributed by atoms with Crippen molar-refractivity contribution in [3.63, 3.8) is 0 Å². The number of nitrogen functional groups attached to an aromatic ring is 1. The molecule has 0 amide bonds. The first-order valence-electron chi connectivity index (χ1n) is 8.18. The zero-order valence-electron chi connectivity index (χ0n) is 14.6. The molecule has 0 saturated carbocycles. The average molecular weight is 406 g/mol. The first kappa shape index (κ1) is 20.0. The van der Waals surface area contributed by atoms with Crippen LogP contribution in [0.5, 0.6) is 5.75 Å². The molecule has 0 aromatic heterocycles. The molecule has 9 heteroatoms. The van der Waals surface area contributed by atoms with E-state index in [4.69, 9.17) is 10.8 Å². The highest BCUT2D eigenvalue weighted by molar-refractivity contribution is 5.91. The number of carboxylic acids is 1. The van der Waals surface area contributed by atoms with E-state index in [0.717, 1.165) is 12.1 Å². The lowest BCUT2D eigenvalue weighted by atomic mass is 10.0. The number of halogens is 4. The Hall–Kier alpha value is -3.75. The van der Waals surface area contributed by atoms with Crippen molar-refractivity contribution in [1.82, 2.24) is 0 Å². The first-order chi connectivity index (χ1) is 13.6. The highest BCUT2D eigenvalue weighted by atomic mass is 19.4. The van der Waals surface area contributed by atoms with E-state index in [-0.39, 0.29) is 16.8 Å². The van der Waals surface area contributed by atoms with Gasteiger partial charge in [-0.2, -0.15) is 0 Å². The van der Waals surface area contributed by atoms with Crippen LogP contribution in [0, 0.1) is 5.82 Å². The van der Waals surface area contributed by atoms with Gasteiger partial charge < -0.3 is 20.9 Å². The molecule has 3 aromatic rings. The van der Waals surface area contributed by atoms with Crippen molar-refractivity contribution < 1.29 is 32.2 Å². The van der Waals surface area contributed by atoms with Crippen LogP contribution in [0.25, 0.3) is 11.1 Å². The number of ether oxygens (including phenoxy) is 1. The van der Waals surface area contributed by atoms with E-state index in [9.17, 15) is 22.4 Å². The molecule has 0 saturated heterocycles. The van der Waals surface area contributed by atoms with Crippen molar-refractivity contribution in [3.05, 3.63) is 72.0 Å². The third-order valence-corrected chi connectivity index (χ3v) is 3.94. The highest BCUT2D eigenvalue weighted by Crippen LogP contribution is 2.31. The third kappa shape index (κ3) is 4.95. The molecule has 0 atom stereocenters. The van der Waals surface area contributed by atoms with Gasteiger partial charge in [0.25, 0.3) is 0 Å². The molecule has 4 N–H and O–H groups in total. The first-order valence-corrected chi connectivity index (χ1v) is 8.18. The summed E-state index contributed by atoms with van der Waals surface area (Å²) in [5, 5.41) is 12.0. The lowest BCUT2D eigenvalue weighted by Crippen LogP contribution is -2.16. The maximum atomic E-state index is 14.3. The van der Waals surface area contributed by atoms with E-state index < -0.39 is 23.9 Å². The largest absolute Gasteiger partial charge is 0.573 e. The summed E-state index contributed by atoms with van der Waals surface area (Å²) < 4.78 is 54.9. The summed E-state index contributed by atoms with van der Waals surface area (Å²) in [6.07, 6.45) is -4.82. The molecular weight excluding hydrogens is 392 g/mol. The van der Waals surface area contributed by atoms with E-state index in [1.54, 1.807) is 0 Å². The number of anilines is 3. The zero-order chi connectivity index (χ0) is 21.2. The minimum absolute atomic E-state index is 0.0179. The van der Waals surface area contributed by atoms with Gasteiger partial charge in [-0.3, -0.25) is 0 Å². The fraction of sp³-hybridized carbons (Fsp3) is 0.0500. The number of carboxylic acid groups (broad SMARTS) is 1. The summed E-state index contributed by atoms with van der Waals surface area (Å²) in [6.45, 7) is 0. The fourth-order valence-corrected chi connectivity index (χ4v) is 2.61. The number of nitrogens with two attached hydrogens (primary N) is 1. The van der Waals surface area contributed by atoms with Crippen LogP contribution >= 0.6 is 0 Å². The molecular formula is C20H14F4N2O3. The molecule has 3 rings (SSSR count). The molecule has 0 radical (unpaired) electrons. The fourth-order valence-electron chi connectivity index (χ4n) is 2.61. The standard InChI is InChI=1S/C20H14F4N2O3/c21-16-7-4-13(26-18-9-12(19(27)28)3-8-17(18)25)10-15(16)11-1-5-14(6-2-11)29-20(22,23)24/h1-10,26H,25H2,(H,27,28). The average Bonchev–Trinajstić information content (AvgIpc) is 2.64. The van der Waals surface area contributed by atoms with Crippen LogP contribution in [0.3, 0.4) is 0 Å². The monoisotopic (exact) mass is 406 g/mol. The van der Waals surface area contributed by atoms with E-state index in [1.165, 1.54) is 48.5 Å². The summed E-state index contributed by atoms with van der Waals surface area (Å²) in [7, 11) is 0. The quantitative estimate of drug-likeness (QED) is 0.389. The van der Waals surface area contributed by atoms with Gasteiger partial charge in [0.15, 0.2) is 0 Å². The highest BCUT2D eigenvalue weighted by Gasteiger charge is 2.31. The van der Waals surface area contributed by atoms with Crippen LogP contribution in [0.1, 0.15) is 10.4 Å². The van der Waals surface area contributed by atoms with Gasteiger partial charge in [0.2, 0.25) is 0 Å². The molecule has 0 aliphatic rings. The number of hydrogen-bond donors (Lipinski definition) is 3. The maximum Gasteiger partial charge on any atom is 0.573 e. The number of carbonyl (C=O) groups is 1. The predicted octanol–water partition coefficient (Wildman–Crippen LogP) is 5.42. The Labute approximate surface area is 162 Å². The van der Waals surface area contributed by atoms with E-state index >= 15 is 0 Å². The molecule has 0 spiro atoms. The number of benzene rings is 3. The Bertz CT molecular complexity index is 1050. The Kier molecular flexibility index (Phi) is 5.31. The maximum absolute atomic E-state index is 14.3. The van der Waals surface area contributed by atoms with Crippen LogP contribution in [-0.4, -0.2) is 17.4 Å². The number of hydrogen-bond acceptors (Lipinski definition) is 4. The molecule has 29 heavy (non-hydrogen) atoms. The van der Waals surface area contributed by atoms with Crippen molar-refractivity contribution >= 4 is 23.0 Å². The molecule has 0 aliphatic heterocycles. The summed E-state index contributed by atoms with van der Waals surface area (Å²) in [4.78, 5) is 11.1. The predicted molar refractivity (Wildman–Crippen MR) is 99.6 cm³/mol. The summed E-state index contributed by atoms with van der Waals surface area (Å²) in [6, 6.07) is 12.9. The second-order valence-corrected chi connectivity index (χ2v) is 6.00. The zero-order valence-corrected chi connectivity index (χ0v) is 14.6. The molecule has 0 bridgehead atoms. The lowest BCUT2D eigenvalue weighted by molar-refractivity contribution is -0.274. The van der Waals surface area contributed by atoms with Gasteiger partial charge in [-0.1, -0.05) is 12.1 Å². The molecule has 0 aliphatic carbocycles. The molecule has 3 aromatic carbocycles. The lowest BCUT2D eigenvalue weighted by Gasteiger charge is -2.13.